The number of fused-ring (bicyclic) bond motifs is 1. The summed E-state index contributed by atoms with van der Waals surface area (Å²) in [5.74, 6) is -0.300. The highest BCUT2D eigenvalue weighted by Crippen LogP contribution is 2.18. The van der Waals surface area contributed by atoms with Crippen molar-refractivity contribution in [3.8, 4) is 0 Å². The standard InChI is InChI=1S/C18H26N4O2/c1-3-6-17(21-19-2)18(24)20-11-16(23)13-22-10-9-14-7-4-5-8-15(14)12-22/h3-8,16,19,23H,9-13H2,1-2H3,(H,20,24)/b6-3-,21-17+/t16-/m0/s1. The number of carbonyl (C=O) groups is 1. The average molecular weight is 330 g/mol. The van der Waals surface area contributed by atoms with Crippen LogP contribution in [0.1, 0.15) is 18.1 Å². The van der Waals surface area contributed by atoms with Gasteiger partial charge in [-0.1, -0.05) is 30.3 Å². The van der Waals surface area contributed by atoms with Gasteiger partial charge in [0.15, 0.2) is 0 Å². The zero-order valence-corrected chi connectivity index (χ0v) is 14.3. The Bertz CT molecular complexity index is 613. The fourth-order valence-corrected chi connectivity index (χ4v) is 2.82. The van der Waals surface area contributed by atoms with Crippen molar-refractivity contribution in [2.24, 2.45) is 5.10 Å². The molecule has 1 aromatic carbocycles. The summed E-state index contributed by atoms with van der Waals surface area (Å²) in [6.45, 7) is 4.33. The summed E-state index contributed by atoms with van der Waals surface area (Å²) in [4.78, 5) is 14.2. The van der Waals surface area contributed by atoms with Crippen molar-refractivity contribution < 1.29 is 9.90 Å². The summed E-state index contributed by atoms with van der Waals surface area (Å²) in [5, 5.41) is 16.8. The number of β-amino-alcohol motifs (C(OH)–C–C–N with tert-alkyl or cyclic N) is 1. The molecule has 130 valence electrons. The number of benzene rings is 1. The Kier molecular flexibility index (Phi) is 6.96. The van der Waals surface area contributed by atoms with E-state index in [0.29, 0.717) is 12.3 Å². The Hall–Kier alpha value is -2.18. The van der Waals surface area contributed by atoms with Gasteiger partial charge in [-0.25, -0.2) is 0 Å². The Balaban J connectivity index is 1.80. The van der Waals surface area contributed by atoms with Crippen molar-refractivity contribution >= 4 is 11.6 Å². The first kappa shape index (κ1) is 18.2. The lowest BCUT2D eigenvalue weighted by atomic mass is 10.00. The van der Waals surface area contributed by atoms with Crippen molar-refractivity contribution in [2.75, 3.05) is 26.7 Å². The molecule has 1 heterocycles. The predicted molar refractivity (Wildman–Crippen MR) is 95.7 cm³/mol. The van der Waals surface area contributed by atoms with Gasteiger partial charge in [0.25, 0.3) is 5.91 Å². The first-order chi connectivity index (χ1) is 11.6. The van der Waals surface area contributed by atoms with Crippen molar-refractivity contribution in [2.45, 2.75) is 26.0 Å². The van der Waals surface area contributed by atoms with Crippen molar-refractivity contribution in [1.82, 2.24) is 15.6 Å². The van der Waals surface area contributed by atoms with Crippen LogP contribution >= 0.6 is 0 Å². The highest BCUT2D eigenvalue weighted by atomic mass is 16.3. The number of hydrogen-bond donors (Lipinski definition) is 3. The van der Waals surface area contributed by atoms with E-state index >= 15 is 0 Å². The maximum absolute atomic E-state index is 12.0. The Morgan fingerprint density at radius 3 is 2.88 bits per heavy atom. The molecule has 1 aliphatic heterocycles. The highest BCUT2D eigenvalue weighted by Gasteiger charge is 2.19. The molecule has 1 amide bonds. The van der Waals surface area contributed by atoms with E-state index in [1.54, 1.807) is 19.2 Å². The van der Waals surface area contributed by atoms with Crippen LogP contribution in [-0.4, -0.2) is 54.4 Å². The van der Waals surface area contributed by atoms with Gasteiger partial charge in [0.2, 0.25) is 0 Å². The van der Waals surface area contributed by atoms with Gasteiger partial charge in [-0.05, 0) is 30.5 Å². The Morgan fingerprint density at radius 2 is 2.17 bits per heavy atom. The van der Waals surface area contributed by atoms with E-state index < -0.39 is 6.10 Å². The minimum Gasteiger partial charge on any atom is -0.390 e. The summed E-state index contributed by atoms with van der Waals surface area (Å²) in [6.07, 6.45) is 3.76. The van der Waals surface area contributed by atoms with E-state index in [2.05, 4.69) is 38.9 Å². The van der Waals surface area contributed by atoms with E-state index in [4.69, 9.17) is 0 Å². The van der Waals surface area contributed by atoms with E-state index in [9.17, 15) is 9.90 Å². The molecule has 0 spiro atoms. The predicted octanol–water partition coefficient (Wildman–Crippen LogP) is 0.673. The number of hydrogen-bond acceptors (Lipinski definition) is 5. The van der Waals surface area contributed by atoms with Crippen LogP contribution in [0.25, 0.3) is 0 Å². The molecule has 1 atom stereocenters. The van der Waals surface area contributed by atoms with Crippen LogP contribution in [0.4, 0.5) is 0 Å². The second-order valence-electron chi connectivity index (χ2n) is 5.84. The number of amides is 1. The number of aliphatic hydroxyl groups is 1. The molecule has 6 heteroatoms. The minimum absolute atomic E-state index is 0.206. The fraction of sp³-hybridized carbons (Fsp3) is 0.444. The summed E-state index contributed by atoms with van der Waals surface area (Å²) in [7, 11) is 1.64. The van der Waals surface area contributed by atoms with E-state index in [1.807, 2.05) is 13.0 Å². The molecule has 1 aromatic rings. The molecule has 0 bridgehead atoms. The van der Waals surface area contributed by atoms with Gasteiger partial charge in [-0.2, -0.15) is 5.10 Å². The van der Waals surface area contributed by atoms with Crippen LogP contribution in [0.2, 0.25) is 0 Å². The van der Waals surface area contributed by atoms with E-state index in [-0.39, 0.29) is 12.5 Å². The zero-order valence-electron chi connectivity index (χ0n) is 14.3. The van der Waals surface area contributed by atoms with Gasteiger partial charge in [-0.3, -0.25) is 9.69 Å². The van der Waals surface area contributed by atoms with Gasteiger partial charge in [0.1, 0.15) is 5.71 Å². The molecule has 3 N–H and O–H groups in total. The topological polar surface area (TPSA) is 77.0 Å². The van der Waals surface area contributed by atoms with Gasteiger partial charge in [0.05, 0.1) is 6.10 Å². The first-order valence-corrected chi connectivity index (χ1v) is 8.26. The van der Waals surface area contributed by atoms with Crippen LogP contribution in [0.5, 0.6) is 0 Å². The largest absolute Gasteiger partial charge is 0.390 e. The van der Waals surface area contributed by atoms with Gasteiger partial charge in [-0.15, -0.1) is 0 Å². The molecule has 0 radical (unpaired) electrons. The number of nitrogens with one attached hydrogen (secondary N) is 2. The summed E-state index contributed by atoms with van der Waals surface area (Å²) in [6, 6.07) is 8.40. The SMILES string of the molecule is C/C=C\C(=N/NC)C(=O)NC[C@H](O)CN1CCc2ccccc2C1. The number of carbonyl (C=O) groups excluding carboxylic acids is 1. The Labute approximate surface area is 143 Å². The molecule has 0 saturated heterocycles. The quantitative estimate of drug-likeness (QED) is 0.507. The highest BCUT2D eigenvalue weighted by molar-refractivity contribution is 6.43. The molecular weight excluding hydrogens is 304 g/mol. The van der Waals surface area contributed by atoms with Gasteiger partial charge in [0, 0.05) is 33.2 Å². The zero-order chi connectivity index (χ0) is 17.4. The summed E-state index contributed by atoms with van der Waals surface area (Å²) < 4.78 is 0. The van der Waals surface area contributed by atoms with Gasteiger partial charge < -0.3 is 15.8 Å². The molecule has 0 unspecified atom stereocenters. The lowest BCUT2D eigenvalue weighted by Crippen LogP contribution is -2.43. The number of hydrazone groups is 1. The average Bonchev–Trinajstić information content (AvgIpc) is 2.59. The van der Waals surface area contributed by atoms with Crippen LogP contribution in [0, 0.1) is 0 Å². The van der Waals surface area contributed by atoms with Crippen LogP contribution in [0.3, 0.4) is 0 Å². The molecule has 0 aliphatic carbocycles. The fourth-order valence-electron chi connectivity index (χ4n) is 2.82. The number of aliphatic hydroxyl groups excluding tert-OH is 1. The molecule has 2 rings (SSSR count). The van der Waals surface area contributed by atoms with Gasteiger partial charge >= 0.3 is 0 Å². The third-order valence-electron chi connectivity index (χ3n) is 3.97. The summed E-state index contributed by atoms with van der Waals surface area (Å²) >= 11 is 0. The first-order valence-electron chi connectivity index (χ1n) is 8.26. The third-order valence-corrected chi connectivity index (χ3v) is 3.97. The van der Waals surface area contributed by atoms with Crippen molar-refractivity contribution in [3.05, 3.63) is 47.5 Å². The molecule has 0 aromatic heterocycles. The lowest BCUT2D eigenvalue weighted by molar-refractivity contribution is -0.115. The normalized spacial score (nSPS) is 16.7. The summed E-state index contributed by atoms with van der Waals surface area (Å²) in [5.41, 5.74) is 5.59. The molecule has 6 nitrogen and oxygen atoms in total. The van der Waals surface area contributed by atoms with Crippen molar-refractivity contribution in [3.63, 3.8) is 0 Å². The van der Waals surface area contributed by atoms with Crippen LogP contribution in [-0.2, 0) is 17.8 Å². The molecule has 0 saturated carbocycles. The number of allylic oxidation sites excluding steroid dienone is 1. The van der Waals surface area contributed by atoms with Crippen LogP contribution < -0.4 is 10.7 Å². The molecular formula is C18H26N4O2. The maximum atomic E-state index is 12.0. The van der Waals surface area contributed by atoms with Crippen molar-refractivity contribution in [1.29, 1.82) is 0 Å². The van der Waals surface area contributed by atoms with Crippen LogP contribution in [0.15, 0.2) is 41.5 Å². The number of nitrogens with zero attached hydrogens (tertiary/aromatic N) is 2. The van der Waals surface area contributed by atoms with E-state index in [1.165, 1.54) is 11.1 Å². The third kappa shape index (κ3) is 5.18. The second kappa shape index (κ2) is 9.20. The van der Waals surface area contributed by atoms with E-state index in [0.717, 1.165) is 19.5 Å². The molecule has 24 heavy (non-hydrogen) atoms. The smallest absolute Gasteiger partial charge is 0.271 e. The number of rotatable bonds is 7. The minimum atomic E-state index is -0.611. The lowest BCUT2D eigenvalue weighted by Gasteiger charge is -2.30. The second-order valence-corrected chi connectivity index (χ2v) is 5.84. The molecule has 1 aliphatic rings. The Morgan fingerprint density at radius 1 is 1.42 bits per heavy atom. The maximum Gasteiger partial charge on any atom is 0.271 e. The monoisotopic (exact) mass is 330 g/mol. The molecule has 0 fully saturated rings.